The molecule has 0 aliphatic heterocycles. The van der Waals surface area contributed by atoms with Crippen LogP contribution in [0.25, 0.3) is 0 Å². The first-order valence-electron chi connectivity index (χ1n) is 6.47. The summed E-state index contributed by atoms with van der Waals surface area (Å²) in [6.45, 7) is 1.85. The van der Waals surface area contributed by atoms with Crippen LogP contribution in [-0.2, 0) is 17.6 Å². The first-order chi connectivity index (χ1) is 9.11. The Kier molecular flexibility index (Phi) is 4.00. The van der Waals surface area contributed by atoms with E-state index in [1.54, 1.807) is 0 Å². The maximum atomic E-state index is 11.4. The minimum atomic E-state index is -0.578. The number of carbonyl (C=O) groups excluding carboxylic acids is 1. The second-order valence-corrected chi connectivity index (χ2v) is 4.76. The number of nitrogens with two attached hydrogens (primary N) is 1. The zero-order chi connectivity index (χ0) is 13.8. The van der Waals surface area contributed by atoms with Crippen molar-refractivity contribution in [2.45, 2.75) is 45.1 Å². The number of anilines is 1. The Balaban J connectivity index is 2.31. The topological polar surface area (TPSA) is 80.9 Å². The van der Waals surface area contributed by atoms with Crippen molar-refractivity contribution < 1.29 is 4.79 Å². The van der Waals surface area contributed by atoms with Gasteiger partial charge in [0, 0.05) is 17.7 Å². The van der Waals surface area contributed by atoms with Crippen LogP contribution >= 0.6 is 0 Å². The molecule has 1 heterocycles. The van der Waals surface area contributed by atoms with E-state index in [-0.39, 0.29) is 6.42 Å². The van der Waals surface area contributed by atoms with E-state index < -0.39 is 11.9 Å². The van der Waals surface area contributed by atoms with Crippen LogP contribution in [0.1, 0.15) is 36.3 Å². The van der Waals surface area contributed by atoms with Crippen LogP contribution in [0.4, 0.5) is 5.82 Å². The molecule has 1 amide bonds. The van der Waals surface area contributed by atoms with E-state index in [2.05, 4.69) is 21.2 Å². The molecule has 0 radical (unpaired) electrons. The summed E-state index contributed by atoms with van der Waals surface area (Å²) in [5, 5.41) is 3.08. The molecule has 5 nitrogen and oxygen atoms in total. The van der Waals surface area contributed by atoms with Gasteiger partial charge in [0.15, 0.2) is 0 Å². The highest BCUT2D eigenvalue weighted by Crippen LogP contribution is 2.25. The van der Waals surface area contributed by atoms with E-state index in [4.69, 9.17) is 12.2 Å². The van der Waals surface area contributed by atoms with E-state index in [1.807, 2.05) is 6.92 Å². The first kappa shape index (κ1) is 13.3. The Hall–Kier alpha value is -2.09. The molecule has 0 saturated heterocycles. The second kappa shape index (κ2) is 5.70. The van der Waals surface area contributed by atoms with E-state index in [9.17, 15) is 4.79 Å². The van der Waals surface area contributed by atoms with Crippen molar-refractivity contribution in [3.8, 4) is 12.3 Å². The van der Waals surface area contributed by atoms with Gasteiger partial charge in [0.05, 0.1) is 0 Å². The summed E-state index contributed by atoms with van der Waals surface area (Å²) in [6, 6.07) is -0.578. The van der Waals surface area contributed by atoms with Crippen LogP contribution < -0.4 is 11.1 Å². The lowest BCUT2D eigenvalue weighted by molar-refractivity contribution is -0.118. The minimum Gasteiger partial charge on any atom is -0.368 e. The van der Waals surface area contributed by atoms with Crippen LogP contribution in [0.5, 0.6) is 0 Å². The number of primary amides is 1. The molecular formula is C14H18N4O. The summed E-state index contributed by atoms with van der Waals surface area (Å²) in [5.74, 6) is 3.41. The van der Waals surface area contributed by atoms with Gasteiger partial charge in [0.25, 0.3) is 0 Å². The normalized spacial score (nSPS) is 15.2. The van der Waals surface area contributed by atoms with Crippen molar-refractivity contribution in [2.24, 2.45) is 5.73 Å². The summed E-state index contributed by atoms with van der Waals surface area (Å²) < 4.78 is 0. The van der Waals surface area contributed by atoms with Crippen LogP contribution in [-0.4, -0.2) is 21.9 Å². The zero-order valence-corrected chi connectivity index (χ0v) is 11.1. The predicted octanol–water partition coefficient (Wildman–Crippen LogP) is 0.953. The highest BCUT2D eigenvalue weighted by Gasteiger charge is 2.21. The summed E-state index contributed by atoms with van der Waals surface area (Å²) in [6.07, 6.45) is 9.67. The van der Waals surface area contributed by atoms with Gasteiger partial charge in [-0.25, -0.2) is 9.97 Å². The average molecular weight is 258 g/mol. The fourth-order valence-corrected chi connectivity index (χ4v) is 2.34. The minimum absolute atomic E-state index is 0.257. The Morgan fingerprint density at radius 3 is 2.89 bits per heavy atom. The second-order valence-electron chi connectivity index (χ2n) is 4.76. The molecule has 1 aliphatic carbocycles. The van der Waals surface area contributed by atoms with Crippen molar-refractivity contribution in [1.29, 1.82) is 0 Å². The monoisotopic (exact) mass is 258 g/mol. The van der Waals surface area contributed by atoms with Gasteiger partial charge < -0.3 is 11.1 Å². The number of carbonyl (C=O) groups is 1. The quantitative estimate of drug-likeness (QED) is 0.788. The Morgan fingerprint density at radius 2 is 2.21 bits per heavy atom. The van der Waals surface area contributed by atoms with Gasteiger partial charge in [-0.3, -0.25) is 4.79 Å². The van der Waals surface area contributed by atoms with E-state index >= 15 is 0 Å². The molecule has 3 N–H and O–H groups in total. The average Bonchev–Trinajstić information content (AvgIpc) is 2.37. The van der Waals surface area contributed by atoms with Gasteiger partial charge in [0.2, 0.25) is 5.91 Å². The predicted molar refractivity (Wildman–Crippen MR) is 73.5 cm³/mol. The summed E-state index contributed by atoms with van der Waals surface area (Å²) in [7, 11) is 0. The number of aryl methyl sites for hydroxylation is 2. The van der Waals surface area contributed by atoms with Crippen LogP contribution in [0.15, 0.2) is 0 Å². The van der Waals surface area contributed by atoms with Gasteiger partial charge in [0.1, 0.15) is 17.7 Å². The Morgan fingerprint density at radius 1 is 1.47 bits per heavy atom. The lowest BCUT2D eigenvalue weighted by atomic mass is 9.96. The molecule has 1 aliphatic rings. The van der Waals surface area contributed by atoms with Crippen LogP contribution in [0.3, 0.4) is 0 Å². The van der Waals surface area contributed by atoms with E-state index in [1.165, 1.54) is 0 Å². The highest BCUT2D eigenvalue weighted by atomic mass is 16.1. The largest absolute Gasteiger partial charge is 0.368 e. The third kappa shape index (κ3) is 3.02. The lowest BCUT2D eigenvalue weighted by Gasteiger charge is -2.21. The number of hydrogen-bond acceptors (Lipinski definition) is 4. The standard InChI is InChI=1S/C14H18N4O/c1-3-6-12(13(15)19)18-14-10-7-4-5-8-11(10)16-9(2)17-14/h1,12H,4-8H2,2H3,(H2,15,19)(H,16,17,18). The SMILES string of the molecule is C#CCC(Nc1nc(C)nc2c1CCCC2)C(N)=O. The Labute approximate surface area is 113 Å². The van der Waals surface area contributed by atoms with Crippen molar-refractivity contribution in [3.05, 3.63) is 17.1 Å². The first-order valence-corrected chi connectivity index (χ1v) is 6.47. The van der Waals surface area contributed by atoms with Gasteiger partial charge >= 0.3 is 0 Å². The van der Waals surface area contributed by atoms with E-state index in [0.717, 1.165) is 36.9 Å². The summed E-state index contributed by atoms with van der Waals surface area (Å²) >= 11 is 0. The van der Waals surface area contributed by atoms with Crippen molar-refractivity contribution in [3.63, 3.8) is 0 Å². The number of amides is 1. The summed E-state index contributed by atoms with van der Waals surface area (Å²) in [4.78, 5) is 20.2. The fourth-order valence-electron chi connectivity index (χ4n) is 2.34. The zero-order valence-electron chi connectivity index (χ0n) is 11.1. The number of nitrogens with one attached hydrogen (secondary N) is 1. The number of aromatic nitrogens is 2. The lowest BCUT2D eigenvalue weighted by Crippen LogP contribution is -2.36. The molecule has 2 rings (SSSR count). The molecule has 1 atom stereocenters. The molecule has 0 aromatic carbocycles. The van der Waals surface area contributed by atoms with E-state index in [0.29, 0.717) is 11.6 Å². The molecular weight excluding hydrogens is 240 g/mol. The molecule has 0 saturated carbocycles. The van der Waals surface area contributed by atoms with Gasteiger partial charge in [-0.05, 0) is 32.6 Å². The van der Waals surface area contributed by atoms with Gasteiger partial charge in [-0.1, -0.05) is 0 Å². The van der Waals surface area contributed by atoms with Crippen LogP contribution in [0, 0.1) is 19.3 Å². The smallest absolute Gasteiger partial charge is 0.240 e. The number of terminal acetylenes is 1. The molecule has 5 heteroatoms. The molecule has 1 aromatic rings. The van der Waals surface area contributed by atoms with Crippen molar-refractivity contribution >= 4 is 11.7 Å². The molecule has 19 heavy (non-hydrogen) atoms. The maximum absolute atomic E-state index is 11.4. The van der Waals surface area contributed by atoms with Crippen LogP contribution in [0.2, 0.25) is 0 Å². The Bertz CT molecular complexity index is 533. The molecule has 0 fully saturated rings. The third-order valence-corrected chi connectivity index (χ3v) is 3.27. The third-order valence-electron chi connectivity index (χ3n) is 3.27. The fraction of sp³-hybridized carbons (Fsp3) is 0.500. The molecule has 1 aromatic heterocycles. The number of fused-ring (bicyclic) bond motifs is 1. The molecule has 0 spiro atoms. The number of nitrogens with zero attached hydrogens (tertiary/aromatic N) is 2. The molecule has 100 valence electrons. The highest BCUT2D eigenvalue weighted by molar-refractivity contribution is 5.83. The van der Waals surface area contributed by atoms with Crippen molar-refractivity contribution in [1.82, 2.24) is 9.97 Å². The van der Waals surface area contributed by atoms with Gasteiger partial charge in [-0.2, -0.15) is 0 Å². The summed E-state index contributed by atoms with van der Waals surface area (Å²) in [5.41, 5.74) is 7.52. The van der Waals surface area contributed by atoms with Crippen molar-refractivity contribution in [2.75, 3.05) is 5.32 Å². The molecule has 1 unspecified atom stereocenters. The molecule has 0 bridgehead atoms. The van der Waals surface area contributed by atoms with Gasteiger partial charge in [-0.15, -0.1) is 12.3 Å². The number of rotatable bonds is 4. The maximum Gasteiger partial charge on any atom is 0.240 e. The number of hydrogen-bond donors (Lipinski definition) is 2.